The fourth-order valence-corrected chi connectivity index (χ4v) is 14.1. The number of aliphatic hydroxyl groups is 2. The van der Waals surface area contributed by atoms with Crippen molar-refractivity contribution < 1.29 is 43.5 Å². The van der Waals surface area contributed by atoms with Crippen molar-refractivity contribution in [2.75, 3.05) is 61.1 Å². The fourth-order valence-electron chi connectivity index (χ4n) is 14.1. The number of aromatic nitrogens is 1. The molecule has 1 spiro atoms. The molecule has 9 rings (SSSR count). The van der Waals surface area contributed by atoms with Crippen molar-refractivity contribution in [1.82, 2.24) is 19.7 Å². The van der Waals surface area contributed by atoms with E-state index in [1.807, 2.05) is 56.2 Å². The molecule has 326 valence electrons. The molecule has 0 radical (unpaired) electrons. The van der Waals surface area contributed by atoms with Crippen LogP contribution in [-0.2, 0) is 45.2 Å². The number of hydrogen-bond donors (Lipinski definition) is 3. The van der Waals surface area contributed by atoms with E-state index in [-0.39, 0.29) is 12.0 Å². The number of H-pyrrole nitrogens is 1. The zero-order valence-electron chi connectivity index (χ0n) is 36.3. The molecule has 2 bridgehead atoms. The molecule has 4 fully saturated rings. The predicted octanol–water partition coefficient (Wildman–Crippen LogP) is 3.50. The molecule has 1 aromatic heterocycles. The average Bonchev–Trinajstić information content (AvgIpc) is 3.92. The van der Waals surface area contributed by atoms with Crippen molar-refractivity contribution in [3.05, 3.63) is 70.6 Å². The number of nitrogens with one attached hydrogen (secondary N) is 1. The summed E-state index contributed by atoms with van der Waals surface area (Å²) in [5.74, 6) is -2.74. The summed E-state index contributed by atoms with van der Waals surface area (Å²) in [4.78, 5) is 53.3. The lowest BCUT2D eigenvalue weighted by atomic mass is 9.47. The Morgan fingerprint density at radius 2 is 1.79 bits per heavy atom. The Balaban J connectivity index is 1.34. The van der Waals surface area contributed by atoms with Crippen molar-refractivity contribution in [2.24, 2.45) is 22.7 Å². The third-order valence-electron chi connectivity index (χ3n) is 16.2. The normalized spacial score (nSPS) is 39.9. The van der Waals surface area contributed by atoms with Crippen LogP contribution < -0.4 is 0 Å². The predicted molar refractivity (Wildman–Crippen MR) is 224 cm³/mol. The molecule has 3 unspecified atom stereocenters. The molecule has 3 N–H and O–H groups in total. The van der Waals surface area contributed by atoms with Crippen LogP contribution in [0.25, 0.3) is 10.9 Å². The molecule has 2 aromatic rings. The van der Waals surface area contributed by atoms with Gasteiger partial charge < -0.3 is 39.0 Å². The fraction of sp³-hybridized carbons (Fsp3) is 0.617. The molecular formula is C47H59N5O9. The first-order chi connectivity index (χ1) is 29.2. The quantitative estimate of drug-likeness (QED) is 0.210. The van der Waals surface area contributed by atoms with Crippen LogP contribution in [0.15, 0.2) is 53.8 Å². The van der Waals surface area contributed by atoms with Crippen LogP contribution in [0.4, 0.5) is 0 Å². The molecule has 1 saturated carbocycles. The Morgan fingerprint density at radius 3 is 2.46 bits per heavy atom. The second kappa shape index (κ2) is 14.5. The van der Waals surface area contributed by atoms with E-state index < -0.39 is 69.5 Å². The molecule has 12 atom stereocenters. The van der Waals surface area contributed by atoms with Crippen LogP contribution in [0.2, 0.25) is 0 Å². The van der Waals surface area contributed by atoms with E-state index in [0.29, 0.717) is 82.5 Å². The van der Waals surface area contributed by atoms with Crippen LogP contribution in [0, 0.1) is 34.0 Å². The summed E-state index contributed by atoms with van der Waals surface area (Å²) in [5, 5.41) is 36.3. The standard InChI is InChI=1S/C47H59N5O9/c1-8-43(56)22-29-23-46(41(54)59-6,37-30(13-17-51(25-29)26-43)31-19-28(24-48)11-12-34(31)49-37)33-20-32-35(21-36(33)58-5)50(4)39-45(32)15-18-52-16-10-14-44(9-2,38(45)52)40(61-27(3)53)47(39,57)42(55)60-7/h10-12,14,19-21,29,33,36,38-40,49,56-57H,8-9,13,15-18,22-23,25-26H2,1-7H3/t29-,33?,36?,38+,39-,40-,43+,44-,45-,46+,47+/m1/s1. The molecule has 2 aliphatic carbocycles. The topological polar surface area (TPSA) is 178 Å². The second-order valence-electron chi connectivity index (χ2n) is 18.9. The molecule has 14 nitrogen and oxygen atoms in total. The Bertz CT molecular complexity index is 2310. The maximum absolute atomic E-state index is 15.4. The van der Waals surface area contributed by atoms with Gasteiger partial charge in [-0.2, -0.15) is 5.26 Å². The van der Waals surface area contributed by atoms with Gasteiger partial charge in [-0.3, -0.25) is 19.4 Å². The number of esters is 3. The van der Waals surface area contributed by atoms with Gasteiger partial charge in [0.25, 0.3) is 0 Å². The highest BCUT2D eigenvalue weighted by molar-refractivity contribution is 5.92. The Morgan fingerprint density at radius 1 is 1.02 bits per heavy atom. The first kappa shape index (κ1) is 41.8. The molecule has 3 saturated heterocycles. The number of aromatic amines is 1. The molecule has 6 heterocycles. The van der Waals surface area contributed by atoms with Gasteiger partial charge in [0.1, 0.15) is 5.41 Å². The van der Waals surface area contributed by atoms with Crippen LogP contribution in [-0.4, -0.2) is 144 Å². The smallest absolute Gasteiger partial charge is 0.344 e. The number of benzene rings is 1. The number of hydrogen-bond acceptors (Lipinski definition) is 13. The van der Waals surface area contributed by atoms with E-state index >= 15 is 4.79 Å². The van der Waals surface area contributed by atoms with Crippen LogP contribution in [0.5, 0.6) is 0 Å². The minimum atomic E-state index is -2.31. The summed E-state index contributed by atoms with van der Waals surface area (Å²) < 4.78 is 24.1. The van der Waals surface area contributed by atoms with E-state index in [1.54, 1.807) is 13.2 Å². The number of likely N-dealkylation sites (N-methyl/N-ethyl adjacent to an activating group) is 1. The monoisotopic (exact) mass is 837 g/mol. The summed E-state index contributed by atoms with van der Waals surface area (Å²) >= 11 is 0. The highest BCUT2D eigenvalue weighted by atomic mass is 16.6. The summed E-state index contributed by atoms with van der Waals surface area (Å²) in [6.45, 7) is 8.44. The van der Waals surface area contributed by atoms with E-state index in [4.69, 9.17) is 18.9 Å². The maximum Gasteiger partial charge on any atom is 0.344 e. The molecule has 14 heteroatoms. The number of ether oxygens (including phenoxy) is 4. The number of carbonyl (C=O) groups excluding carboxylic acids is 3. The highest BCUT2D eigenvalue weighted by Crippen LogP contribution is 2.70. The largest absolute Gasteiger partial charge is 0.468 e. The van der Waals surface area contributed by atoms with Crippen molar-refractivity contribution in [2.45, 2.75) is 100 Å². The SMILES string of the molecule is CC[C@]1(O)C[C@H]2CN(CCc3c([nH]c4ccc(C#N)cc34)[C@@](C(=O)OC)(C3C=C4C(=CC3OC)N(C)[C@H]3[C@@](O)(C(=O)OC)[C@H](OC(C)=O)[C@]5(CC)C=CCN6CC[C@]43[C@@H]65)C2)C1. The van der Waals surface area contributed by atoms with Crippen molar-refractivity contribution in [1.29, 1.82) is 5.26 Å². The van der Waals surface area contributed by atoms with Crippen molar-refractivity contribution in [3.63, 3.8) is 0 Å². The minimum Gasteiger partial charge on any atom is -0.468 e. The van der Waals surface area contributed by atoms with Gasteiger partial charge in [-0.05, 0) is 86.4 Å². The number of likely N-dealkylation sites (tertiary alicyclic amines) is 1. The summed E-state index contributed by atoms with van der Waals surface area (Å²) in [6, 6.07) is 6.61. The number of rotatable bonds is 7. The summed E-state index contributed by atoms with van der Waals surface area (Å²) in [6.07, 6.45) is 9.28. The molecular weight excluding hydrogens is 779 g/mol. The summed E-state index contributed by atoms with van der Waals surface area (Å²) in [7, 11) is 6.17. The number of nitrogens with zero attached hydrogens (tertiary/aromatic N) is 4. The lowest BCUT2D eigenvalue weighted by Gasteiger charge is -2.63. The lowest BCUT2D eigenvalue weighted by molar-refractivity contribution is -0.243. The number of nitriles is 1. The highest BCUT2D eigenvalue weighted by Gasteiger charge is 2.81. The number of fused-ring (bicyclic) bond motifs is 6. The van der Waals surface area contributed by atoms with E-state index in [0.717, 1.165) is 27.7 Å². The van der Waals surface area contributed by atoms with Gasteiger partial charge in [-0.1, -0.05) is 32.1 Å². The van der Waals surface area contributed by atoms with Gasteiger partial charge in [0.15, 0.2) is 6.10 Å². The van der Waals surface area contributed by atoms with Crippen molar-refractivity contribution in [3.8, 4) is 6.07 Å². The molecule has 61 heavy (non-hydrogen) atoms. The van der Waals surface area contributed by atoms with Crippen LogP contribution in [0.3, 0.4) is 0 Å². The Kier molecular flexibility index (Phi) is 9.96. The number of piperidine rings is 1. The van der Waals surface area contributed by atoms with E-state index in [2.05, 4.69) is 26.9 Å². The third-order valence-corrected chi connectivity index (χ3v) is 16.2. The third kappa shape index (κ3) is 5.52. The van der Waals surface area contributed by atoms with Gasteiger partial charge in [0, 0.05) is 92.3 Å². The molecule has 5 aliphatic heterocycles. The number of allylic oxidation sites excluding steroid dienone is 1. The Labute approximate surface area is 357 Å². The zero-order valence-corrected chi connectivity index (χ0v) is 36.3. The second-order valence-corrected chi connectivity index (χ2v) is 18.9. The van der Waals surface area contributed by atoms with Crippen LogP contribution in [0.1, 0.15) is 69.7 Å². The first-order valence-corrected chi connectivity index (χ1v) is 21.8. The van der Waals surface area contributed by atoms with Crippen molar-refractivity contribution >= 4 is 28.8 Å². The first-order valence-electron chi connectivity index (χ1n) is 21.8. The number of carbonyl (C=O) groups is 3. The van der Waals surface area contributed by atoms with Gasteiger partial charge in [-0.25, -0.2) is 4.79 Å². The lowest BCUT2D eigenvalue weighted by Crippen LogP contribution is -2.79. The molecule has 7 aliphatic rings. The van der Waals surface area contributed by atoms with Gasteiger partial charge in [-0.15, -0.1) is 0 Å². The van der Waals surface area contributed by atoms with Crippen LogP contribution >= 0.6 is 0 Å². The van der Waals surface area contributed by atoms with E-state index in [1.165, 1.54) is 21.1 Å². The molecule has 1 aromatic carbocycles. The Hall–Kier alpha value is -4.52. The van der Waals surface area contributed by atoms with Gasteiger partial charge in [0.2, 0.25) is 5.60 Å². The summed E-state index contributed by atoms with van der Waals surface area (Å²) in [5.41, 5.74) is -1.98. The zero-order chi connectivity index (χ0) is 43.4. The minimum absolute atomic E-state index is 0.120. The maximum atomic E-state index is 15.4. The average molecular weight is 838 g/mol. The van der Waals surface area contributed by atoms with E-state index in [9.17, 15) is 25.1 Å². The van der Waals surface area contributed by atoms with Gasteiger partial charge in [0.05, 0.1) is 43.6 Å². The number of methoxy groups -OCH3 is 3. The van der Waals surface area contributed by atoms with Gasteiger partial charge >= 0.3 is 17.9 Å². The molecule has 0 amide bonds.